The van der Waals surface area contributed by atoms with Crippen molar-refractivity contribution in [1.82, 2.24) is 0 Å². The molecule has 0 amide bonds. The number of allylic oxidation sites excluding steroid dienone is 1. The second-order valence-electron chi connectivity index (χ2n) is 5.79. The third-order valence-electron chi connectivity index (χ3n) is 3.97. The van der Waals surface area contributed by atoms with Gasteiger partial charge in [0.1, 0.15) is 0 Å². The highest BCUT2D eigenvalue weighted by molar-refractivity contribution is 5.43. The maximum Gasteiger partial charge on any atom is 0.161 e. The van der Waals surface area contributed by atoms with E-state index in [-0.39, 0.29) is 5.75 Å². The third-order valence-corrected chi connectivity index (χ3v) is 3.97. The molecular weight excluding hydrogens is 316 g/mol. The summed E-state index contributed by atoms with van der Waals surface area (Å²) in [7, 11) is 3.20. The lowest BCUT2D eigenvalue weighted by molar-refractivity contribution is 0.286. The maximum atomic E-state index is 9.62. The molecule has 4 heteroatoms. The van der Waals surface area contributed by atoms with Crippen molar-refractivity contribution in [3.63, 3.8) is 0 Å². The van der Waals surface area contributed by atoms with Crippen molar-refractivity contribution in [2.75, 3.05) is 20.8 Å². The Morgan fingerprint density at radius 1 is 0.920 bits per heavy atom. The summed E-state index contributed by atoms with van der Waals surface area (Å²) in [5, 5.41) is 9.62. The van der Waals surface area contributed by atoms with Gasteiger partial charge in [-0.2, -0.15) is 0 Å². The lowest BCUT2D eigenvalue weighted by Gasteiger charge is -2.12. The van der Waals surface area contributed by atoms with Gasteiger partial charge in [0.25, 0.3) is 0 Å². The van der Waals surface area contributed by atoms with Crippen LogP contribution in [0.5, 0.6) is 23.0 Å². The molecule has 0 bridgehead atoms. The first-order chi connectivity index (χ1) is 12.2. The Labute approximate surface area is 149 Å². The van der Waals surface area contributed by atoms with Crippen molar-refractivity contribution in [3.8, 4) is 23.0 Å². The molecule has 0 aromatic heterocycles. The van der Waals surface area contributed by atoms with Crippen molar-refractivity contribution in [3.05, 3.63) is 60.2 Å². The van der Waals surface area contributed by atoms with E-state index in [1.54, 1.807) is 20.3 Å². The quantitative estimate of drug-likeness (QED) is 0.509. The summed E-state index contributed by atoms with van der Waals surface area (Å²) >= 11 is 0. The van der Waals surface area contributed by atoms with Gasteiger partial charge in [0, 0.05) is 0 Å². The van der Waals surface area contributed by atoms with Crippen LogP contribution in [0.1, 0.15) is 24.0 Å². The van der Waals surface area contributed by atoms with Gasteiger partial charge < -0.3 is 19.3 Å². The third kappa shape index (κ3) is 5.45. The second-order valence-corrected chi connectivity index (χ2v) is 5.79. The number of phenolic OH excluding ortho intramolecular Hbond substituents is 1. The zero-order valence-electron chi connectivity index (χ0n) is 15.0. The van der Waals surface area contributed by atoms with Gasteiger partial charge in [0.2, 0.25) is 0 Å². The number of phenols is 1. The van der Waals surface area contributed by atoms with E-state index in [9.17, 15) is 5.11 Å². The van der Waals surface area contributed by atoms with Gasteiger partial charge in [-0.3, -0.25) is 0 Å². The molecule has 25 heavy (non-hydrogen) atoms. The molecule has 0 aliphatic rings. The number of hydrogen-bond acceptors (Lipinski definition) is 4. The summed E-state index contributed by atoms with van der Waals surface area (Å²) < 4.78 is 16.4. The summed E-state index contributed by atoms with van der Waals surface area (Å²) in [5.74, 6) is 2.20. The number of unbranched alkanes of at least 4 members (excludes halogenated alkanes) is 1. The van der Waals surface area contributed by atoms with Crippen molar-refractivity contribution in [2.45, 2.75) is 25.7 Å². The average molecular weight is 342 g/mol. The van der Waals surface area contributed by atoms with Gasteiger partial charge in [-0.15, -0.1) is 6.58 Å². The Balaban J connectivity index is 1.83. The van der Waals surface area contributed by atoms with Crippen LogP contribution in [0.25, 0.3) is 0 Å². The van der Waals surface area contributed by atoms with Gasteiger partial charge in [-0.25, -0.2) is 0 Å². The monoisotopic (exact) mass is 342 g/mol. The van der Waals surface area contributed by atoms with Gasteiger partial charge in [-0.1, -0.05) is 18.2 Å². The molecule has 1 N–H and O–H groups in total. The lowest BCUT2D eigenvalue weighted by Crippen LogP contribution is -2.01. The molecule has 0 spiro atoms. The minimum absolute atomic E-state index is 0.168. The molecule has 0 unspecified atom stereocenters. The molecule has 0 radical (unpaired) electrons. The highest BCUT2D eigenvalue weighted by Gasteiger charge is 2.06. The van der Waals surface area contributed by atoms with Crippen LogP contribution in [0, 0.1) is 0 Å². The topological polar surface area (TPSA) is 47.9 Å². The van der Waals surface area contributed by atoms with Crippen LogP contribution in [0.2, 0.25) is 0 Å². The number of aromatic hydroxyl groups is 1. The molecule has 0 aliphatic heterocycles. The van der Waals surface area contributed by atoms with E-state index < -0.39 is 0 Å². The second kappa shape index (κ2) is 9.62. The molecular formula is C21H26O4. The van der Waals surface area contributed by atoms with Crippen molar-refractivity contribution >= 4 is 0 Å². The lowest BCUT2D eigenvalue weighted by atomic mass is 10.1. The highest BCUT2D eigenvalue weighted by Crippen LogP contribution is 2.29. The van der Waals surface area contributed by atoms with Gasteiger partial charge in [0.05, 0.1) is 20.8 Å². The first kappa shape index (κ1) is 18.7. The molecule has 134 valence electrons. The smallest absolute Gasteiger partial charge is 0.161 e. The number of methoxy groups -OCH3 is 2. The van der Waals surface area contributed by atoms with Gasteiger partial charge in [0.15, 0.2) is 23.0 Å². The first-order valence-corrected chi connectivity index (χ1v) is 8.44. The van der Waals surface area contributed by atoms with Gasteiger partial charge >= 0.3 is 0 Å². The number of benzene rings is 2. The van der Waals surface area contributed by atoms with Crippen molar-refractivity contribution < 1.29 is 19.3 Å². The minimum Gasteiger partial charge on any atom is -0.504 e. The number of ether oxygens (including phenoxy) is 3. The van der Waals surface area contributed by atoms with Crippen LogP contribution in [0.4, 0.5) is 0 Å². The number of hydrogen-bond donors (Lipinski definition) is 1. The molecule has 0 saturated carbocycles. The Kier molecular flexibility index (Phi) is 7.20. The van der Waals surface area contributed by atoms with Crippen LogP contribution in [0.3, 0.4) is 0 Å². The van der Waals surface area contributed by atoms with E-state index in [4.69, 9.17) is 14.2 Å². The summed E-state index contributed by atoms with van der Waals surface area (Å²) in [6.07, 6.45) is 5.51. The Morgan fingerprint density at radius 3 is 2.36 bits per heavy atom. The van der Waals surface area contributed by atoms with Gasteiger partial charge in [-0.05, 0) is 61.1 Å². The van der Waals surface area contributed by atoms with Crippen molar-refractivity contribution in [2.24, 2.45) is 0 Å². The zero-order valence-corrected chi connectivity index (χ0v) is 15.0. The molecule has 0 atom stereocenters. The normalized spacial score (nSPS) is 10.3. The fourth-order valence-corrected chi connectivity index (χ4v) is 2.62. The summed E-state index contributed by atoms with van der Waals surface area (Å²) in [6, 6.07) is 11.4. The largest absolute Gasteiger partial charge is 0.504 e. The van der Waals surface area contributed by atoms with Crippen LogP contribution in [0.15, 0.2) is 49.1 Å². The summed E-state index contributed by atoms with van der Waals surface area (Å²) in [5.41, 5.74) is 2.29. The van der Waals surface area contributed by atoms with E-state index in [0.29, 0.717) is 12.4 Å². The van der Waals surface area contributed by atoms with E-state index in [0.717, 1.165) is 48.3 Å². The molecule has 4 nitrogen and oxygen atoms in total. The number of rotatable bonds is 10. The molecule has 0 aliphatic carbocycles. The standard InChI is InChI=1S/C21H26O4/c1-4-7-16-10-12-19(23-2)21(15-16)25-13-6-5-8-17-9-11-18(22)20(14-17)24-3/h4,9-12,14-15,22H,1,5-8,13H2,2-3H3. The van der Waals surface area contributed by atoms with E-state index in [1.165, 1.54) is 0 Å². The SMILES string of the molecule is C=CCc1ccc(OC)c(OCCCCc2ccc(O)c(OC)c2)c1. The molecule has 0 saturated heterocycles. The van der Waals surface area contributed by atoms with E-state index in [1.807, 2.05) is 36.4 Å². The number of aryl methyl sites for hydroxylation is 1. The Morgan fingerprint density at radius 2 is 1.64 bits per heavy atom. The van der Waals surface area contributed by atoms with Crippen LogP contribution >= 0.6 is 0 Å². The predicted octanol–water partition coefficient (Wildman–Crippen LogP) is 4.54. The summed E-state index contributed by atoms with van der Waals surface area (Å²) in [4.78, 5) is 0. The van der Waals surface area contributed by atoms with E-state index in [2.05, 4.69) is 6.58 Å². The van der Waals surface area contributed by atoms with Crippen LogP contribution < -0.4 is 14.2 Å². The predicted molar refractivity (Wildman–Crippen MR) is 100.0 cm³/mol. The molecule has 2 aromatic rings. The zero-order chi connectivity index (χ0) is 18.1. The Hall–Kier alpha value is -2.62. The van der Waals surface area contributed by atoms with Crippen LogP contribution in [-0.2, 0) is 12.8 Å². The summed E-state index contributed by atoms with van der Waals surface area (Å²) in [6.45, 7) is 4.39. The van der Waals surface area contributed by atoms with E-state index >= 15 is 0 Å². The fraction of sp³-hybridized carbons (Fsp3) is 0.333. The highest BCUT2D eigenvalue weighted by atomic mass is 16.5. The first-order valence-electron chi connectivity index (χ1n) is 8.44. The Bertz CT molecular complexity index is 694. The molecule has 2 aromatic carbocycles. The molecule has 2 rings (SSSR count). The van der Waals surface area contributed by atoms with Crippen molar-refractivity contribution in [1.29, 1.82) is 0 Å². The van der Waals surface area contributed by atoms with Crippen LogP contribution in [-0.4, -0.2) is 25.9 Å². The average Bonchev–Trinajstić information content (AvgIpc) is 2.63. The fourth-order valence-electron chi connectivity index (χ4n) is 2.62. The molecule has 0 heterocycles. The maximum absolute atomic E-state index is 9.62. The minimum atomic E-state index is 0.168. The molecule has 0 fully saturated rings.